The number of nitrogens with one attached hydrogen (secondary N) is 1. The monoisotopic (exact) mass is 245 g/mol. The fraction of sp³-hybridized carbons (Fsp3) is 0.833. The molecule has 2 N–H and O–H groups in total. The first-order valence-electron chi connectivity index (χ1n) is 5.96. The van der Waals surface area contributed by atoms with Gasteiger partial charge in [-0.2, -0.15) is 0 Å². The average molecular weight is 245 g/mol. The molecule has 0 aliphatic heterocycles. The molecule has 0 aliphatic rings. The molecule has 0 aromatic heterocycles. The topological polar surface area (TPSA) is 75.6 Å². The van der Waals surface area contributed by atoms with Crippen LogP contribution >= 0.6 is 0 Å². The van der Waals surface area contributed by atoms with Gasteiger partial charge in [0.2, 0.25) is 0 Å². The number of carboxylic acids is 1. The summed E-state index contributed by atoms with van der Waals surface area (Å²) in [6, 6.07) is 0. The average Bonchev–Trinajstić information content (AvgIpc) is 2.14. The van der Waals surface area contributed by atoms with Crippen LogP contribution in [-0.2, 0) is 9.53 Å². The Balaban J connectivity index is 4.04. The maximum atomic E-state index is 11.3. The van der Waals surface area contributed by atoms with E-state index in [1.54, 1.807) is 20.8 Å². The van der Waals surface area contributed by atoms with Crippen molar-refractivity contribution in [2.75, 3.05) is 6.54 Å². The number of amides is 1. The molecule has 17 heavy (non-hydrogen) atoms. The summed E-state index contributed by atoms with van der Waals surface area (Å²) in [5.41, 5.74) is -0.563. The quantitative estimate of drug-likeness (QED) is 0.753. The highest BCUT2D eigenvalue weighted by atomic mass is 16.6. The molecule has 0 aliphatic carbocycles. The molecule has 1 amide bonds. The van der Waals surface area contributed by atoms with E-state index in [1.165, 1.54) is 0 Å². The lowest BCUT2D eigenvalue weighted by Gasteiger charge is -2.20. The number of aliphatic carboxylic acids is 1. The van der Waals surface area contributed by atoms with Crippen molar-refractivity contribution in [1.82, 2.24) is 5.32 Å². The first-order valence-corrected chi connectivity index (χ1v) is 5.96. The number of carboxylic acid groups (broad SMARTS) is 1. The number of hydrogen-bond acceptors (Lipinski definition) is 3. The van der Waals surface area contributed by atoms with E-state index < -0.39 is 23.6 Å². The molecule has 0 spiro atoms. The minimum atomic E-state index is -0.880. The molecule has 0 unspecified atom stereocenters. The van der Waals surface area contributed by atoms with E-state index in [9.17, 15) is 9.59 Å². The van der Waals surface area contributed by atoms with Gasteiger partial charge < -0.3 is 15.2 Å². The molecule has 0 aromatic carbocycles. The first kappa shape index (κ1) is 15.7. The van der Waals surface area contributed by atoms with E-state index in [1.807, 2.05) is 6.92 Å². The van der Waals surface area contributed by atoms with Crippen molar-refractivity contribution in [3.63, 3.8) is 0 Å². The van der Waals surface area contributed by atoms with Gasteiger partial charge in [0.15, 0.2) is 0 Å². The lowest BCUT2D eigenvalue weighted by atomic mass is 10.0. The van der Waals surface area contributed by atoms with Gasteiger partial charge in [-0.3, -0.25) is 4.79 Å². The Labute approximate surface area is 103 Å². The number of carbonyl (C=O) groups is 2. The van der Waals surface area contributed by atoms with E-state index in [0.717, 1.165) is 12.8 Å². The molecular weight excluding hydrogens is 222 g/mol. The summed E-state index contributed by atoms with van der Waals surface area (Å²) in [6.45, 7) is 7.40. The summed E-state index contributed by atoms with van der Waals surface area (Å²) < 4.78 is 5.03. The number of hydrogen-bond donors (Lipinski definition) is 2. The molecule has 100 valence electrons. The second-order valence-corrected chi connectivity index (χ2v) is 5.06. The van der Waals surface area contributed by atoms with Crippen LogP contribution in [0.3, 0.4) is 0 Å². The lowest BCUT2D eigenvalue weighted by molar-refractivity contribution is -0.141. The van der Waals surface area contributed by atoms with E-state index in [-0.39, 0.29) is 6.54 Å². The number of alkyl carbamates (subject to hydrolysis) is 1. The van der Waals surface area contributed by atoms with Crippen LogP contribution < -0.4 is 5.32 Å². The van der Waals surface area contributed by atoms with Gasteiger partial charge in [-0.05, 0) is 27.2 Å². The van der Waals surface area contributed by atoms with Crippen LogP contribution in [0.1, 0.15) is 47.0 Å². The van der Waals surface area contributed by atoms with Gasteiger partial charge in [0.1, 0.15) is 5.60 Å². The Morgan fingerprint density at radius 3 is 2.35 bits per heavy atom. The van der Waals surface area contributed by atoms with Gasteiger partial charge in [0.05, 0.1) is 5.92 Å². The SMILES string of the molecule is CCCC[C@H](CNC(=O)OC(C)(C)C)C(=O)O. The summed E-state index contributed by atoms with van der Waals surface area (Å²) in [5, 5.41) is 11.4. The smallest absolute Gasteiger partial charge is 0.407 e. The molecule has 0 bridgehead atoms. The van der Waals surface area contributed by atoms with Gasteiger partial charge in [0.25, 0.3) is 0 Å². The van der Waals surface area contributed by atoms with Gasteiger partial charge in [-0.25, -0.2) is 4.79 Å². The molecule has 0 aromatic rings. The third kappa shape index (κ3) is 8.54. The van der Waals surface area contributed by atoms with Gasteiger partial charge in [-0.1, -0.05) is 19.8 Å². The van der Waals surface area contributed by atoms with Gasteiger partial charge >= 0.3 is 12.1 Å². The second-order valence-electron chi connectivity index (χ2n) is 5.06. The minimum Gasteiger partial charge on any atom is -0.481 e. The van der Waals surface area contributed by atoms with Crippen molar-refractivity contribution in [2.24, 2.45) is 5.92 Å². The molecule has 5 nitrogen and oxygen atoms in total. The molecule has 0 saturated heterocycles. The molecule has 0 heterocycles. The molecule has 1 atom stereocenters. The van der Waals surface area contributed by atoms with Crippen molar-refractivity contribution >= 4 is 12.1 Å². The fourth-order valence-electron chi connectivity index (χ4n) is 1.28. The minimum absolute atomic E-state index is 0.115. The summed E-state index contributed by atoms with van der Waals surface area (Å²) >= 11 is 0. The molecule has 0 rings (SSSR count). The summed E-state index contributed by atoms with van der Waals surface area (Å²) in [7, 11) is 0. The summed E-state index contributed by atoms with van der Waals surface area (Å²) in [5.74, 6) is -1.42. The number of ether oxygens (including phenoxy) is 1. The van der Waals surface area contributed by atoms with Crippen LogP contribution in [-0.4, -0.2) is 29.3 Å². The Morgan fingerprint density at radius 1 is 1.35 bits per heavy atom. The Kier molecular flexibility index (Phi) is 6.61. The maximum absolute atomic E-state index is 11.3. The number of unbranched alkanes of at least 4 members (excludes halogenated alkanes) is 1. The van der Waals surface area contributed by atoms with Crippen molar-refractivity contribution in [1.29, 1.82) is 0 Å². The molecule has 0 radical (unpaired) electrons. The third-order valence-electron chi connectivity index (χ3n) is 2.15. The lowest BCUT2D eigenvalue weighted by Crippen LogP contribution is -2.37. The standard InChI is InChI=1S/C12H23NO4/c1-5-6-7-9(10(14)15)8-13-11(16)17-12(2,3)4/h9H,5-8H2,1-4H3,(H,13,16)(H,14,15)/t9-/m1/s1. The van der Waals surface area contributed by atoms with Gasteiger partial charge in [-0.15, -0.1) is 0 Å². The van der Waals surface area contributed by atoms with Crippen molar-refractivity contribution < 1.29 is 19.4 Å². The van der Waals surface area contributed by atoms with Crippen molar-refractivity contribution in [2.45, 2.75) is 52.6 Å². The zero-order valence-corrected chi connectivity index (χ0v) is 11.1. The van der Waals surface area contributed by atoms with Crippen LogP contribution in [0.4, 0.5) is 4.79 Å². The molecule has 0 saturated carbocycles. The van der Waals surface area contributed by atoms with Crippen LogP contribution in [0.2, 0.25) is 0 Å². The van der Waals surface area contributed by atoms with Crippen LogP contribution in [0.25, 0.3) is 0 Å². The van der Waals surface area contributed by atoms with Crippen LogP contribution in [0.15, 0.2) is 0 Å². The second kappa shape index (κ2) is 7.14. The summed E-state index contributed by atoms with van der Waals surface area (Å²) in [4.78, 5) is 22.2. The highest BCUT2D eigenvalue weighted by Crippen LogP contribution is 2.09. The zero-order chi connectivity index (χ0) is 13.5. The number of carbonyl (C=O) groups excluding carboxylic acids is 1. The van der Waals surface area contributed by atoms with Crippen molar-refractivity contribution in [3.8, 4) is 0 Å². The van der Waals surface area contributed by atoms with Crippen LogP contribution in [0.5, 0.6) is 0 Å². The first-order chi connectivity index (χ1) is 7.76. The predicted molar refractivity (Wildman–Crippen MR) is 64.9 cm³/mol. The molecule has 0 fully saturated rings. The highest BCUT2D eigenvalue weighted by molar-refractivity contribution is 5.72. The van der Waals surface area contributed by atoms with Gasteiger partial charge in [0, 0.05) is 6.54 Å². The van der Waals surface area contributed by atoms with Crippen molar-refractivity contribution in [3.05, 3.63) is 0 Å². The Hall–Kier alpha value is -1.26. The predicted octanol–water partition coefficient (Wildman–Crippen LogP) is 2.40. The molecular formula is C12H23NO4. The van der Waals surface area contributed by atoms with E-state index in [2.05, 4.69) is 5.32 Å². The maximum Gasteiger partial charge on any atom is 0.407 e. The van der Waals surface area contributed by atoms with E-state index in [0.29, 0.717) is 6.42 Å². The highest BCUT2D eigenvalue weighted by Gasteiger charge is 2.20. The fourth-order valence-corrected chi connectivity index (χ4v) is 1.28. The van der Waals surface area contributed by atoms with E-state index >= 15 is 0 Å². The Morgan fingerprint density at radius 2 is 1.94 bits per heavy atom. The largest absolute Gasteiger partial charge is 0.481 e. The van der Waals surface area contributed by atoms with Crippen LogP contribution in [0, 0.1) is 5.92 Å². The number of rotatable bonds is 6. The molecule has 5 heteroatoms. The summed E-state index contributed by atoms with van der Waals surface area (Å²) in [6.07, 6.45) is 1.78. The Bertz CT molecular complexity index is 258. The zero-order valence-electron chi connectivity index (χ0n) is 11.1. The van der Waals surface area contributed by atoms with E-state index in [4.69, 9.17) is 9.84 Å². The normalized spacial score (nSPS) is 12.9. The third-order valence-corrected chi connectivity index (χ3v) is 2.15.